The number of ketones is 1. The van der Waals surface area contributed by atoms with Gasteiger partial charge in [-0.25, -0.2) is 0 Å². The molecule has 0 aliphatic rings. The normalized spacial score (nSPS) is 14.4. The fraction of sp³-hybridized carbons (Fsp3) is 0.824. The Morgan fingerprint density at radius 3 is 2.04 bits per heavy atom. The van der Waals surface area contributed by atoms with Gasteiger partial charge in [0.15, 0.2) is 22.4 Å². The topological polar surface area (TPSA) is 65.0 Å². The van der Waals surface area contributed by atoms with E-state index in [0.717, 1.165) is 12.5 Å². The first-order valence-electron chi connectivity index (χ1n) is 9.08. The number of carbonyl (C=O) groups is 1. The number of aliphatic hydroxyl groups is 1. The smallest absolute Gasteiger partial charge is 0.314 e. The molecule has 1 N–H and O–H groups in total. The van der Waals surface area contributed by atoms with Crippen molar-refractivity contribution in [3.8, 4) is 0 Å². The quantitative estimate of drug-likeness (QED) is 0.268. The van der Waals surface area contributed by atoms with Crippen molar-refractivity contribution in [3.63, 3.8) is 0 Å². The molecule has 0 amide bonds. The monoisotopic (exact) mass is 406 g/mol. The molecule has 25 heavy (non-hydrogen) atoms. The fourth-order valence-corrected chi connectivity index (χ4v) is 15.1. The second kappa shape index (κ2) is 10.9. The molecule has 0 aromatic rings. The third-order valence-corrected chi connectivity index (χ3v) is 12.8. The molecular weight excluding hydrogens is 368 g/mol. The van der Waals surface area contributed by atoms with Gasteiger partial charge in [-0.3, -0.25) is 4.79 Å². The Morgan fingerprint density at radius 1 is 1.08 bits per heavy atom. The molecule has 0 aliphatic heterocycles. The van der Waals surface area contributed by atoms with Gasteiger partial charge in [-0.2, -0.15) is 0 Å². The molecule has 0 heterocycles. The highest BCUT2D eigenvalue weighted by Crippen LogP contribution is 2.25. The Morgan fingerprint density at radius 2 is 1.60 bits per heavy atom. The Hall–Kier alpha value is -0.0994. The van der Waals surface area contributed by atoms with Gasteiger partial charge in [0, 0.05) is 13.0 Å². The Kier molecular flexibility index (Phi) is 10.9. The average Bonchev–Trinajstić information content (AvgIpc) is 2.39. The van der Waals surface area contributed by atoms with Gasteiger partial charge in [0.1, 0.15) is 0 Å². The van der Waals surface area contributed by atoms with Crippen LogP contribution in [0.15, 0.2) is 12.7 Å². The second-order valence-corrected chi connectivity index (χ2v) is 21.5. The summed E-state index contributed by atoms with van der Waals surface area (Å²) >= 11 is 0. The van der Waals surface area contributed by atoms with E-state index in [9.17, 15) is 9.90 Å². The van der Waals surface area contributed by atoms with Crippen molar-refractivity contribution in [2.75, 3.05) is 13.2 Å². The van der Waals surface area contributed by atoms with E-state index in [2.05, 4.69) is 52.4 Å². The first-order chi connectivity index (χ1) is 11.3. The molecule has 0 bridgehead atoms. The van der Waals surface area contributed by atoms with Gasteiger partial charge in [-0.1, -0.05) is 6.58 Å². The van der Waals surface area contributed by atoms with Gasteiger partial charge in [0.2, 0.25) is 0 Å². The van der Waals surface area contributed by atoms with Crippen LogP contribution in [0.3, 0.4) is 0 Å². The number of ether oxygens (including phenoxy) is 1. The van der Waals surface area contributed by atoms with Crippen LogP contribution in [0.4, 0.5) is 0 Å². The summed E-state index contributed by atoms with van der Waals surface area (Å²) in [5.74, 6) is -0.0483. The number of allylic oxidation sites excluding steroid dienone is 1. The van der Waals surface area contributed by atoms with Gasteiger partial charge in [0.25, 0.3) is 0 Å². The minimum absolute atomic E-state index is 0.0483. The highest BCUT2D eigenvalue weighted by atomic mass is 28.5. The fourth-order valence-electron chi connectivity index (χ4n) is 2.63. The Labute approximate surface area is 157 Å². The van der Waals surface area contributed by atoms with E-state index >= 15 is 0 Å². The summed E-state index contributed by atoms with van der Waals surface area (Å²) < 4.78 is 18.5. The molecule has 0 fully saturated rings. The molecule has 0 aromatic heterocycles. The van der Waals surface area contributed by atoms with E-state index in [1.54, 1.807) is 0 Å². The molecule has 1 atom stereocenters. The van der Waals surface area contributed by atoms with E-state index in [0.29, 0.717) is 19.4 Å². The van der Waals surface area contributed by atoms with E-state index in [4.69, 9.17) is 13.0 Å². The van der Waals surface area contributed by atoms with Crippen molar-refractivity contribution >= 4 is 31.0 Å². The molecule has 0 spiro atoms. The van der Waals surface area contributed by atoms with Crippen LogP contribution in [0.5, 0.6) is 0 Å². The zero-order chi connectivity index (χ0) is 19.7. The van der Waals surface area contributed by atoms with Crippen LogP contribution in [-0.2, 0) is 17.8 Å². The van der Waals surface area contributed by atoms with E-state index in [-0.39, 0.29) is 12.4 Å². The zero-order valence-corrected chi connectivity index (χ0v) is 20.2. The lowest BCUT2D eigenvalue weighted by molar-refractivity contribution is -0.115. The van der Waals surface area contributed by atoms with E-state index in [1.807, 2.05) is 0 Å². The van der Waals surface area contributed by atoms with Crippen molar-refractivity contribution < 1.29 is 22.9 Å². The summed E-state index contributed by atoms with van der Waals surface area (Å²) in [7, 11) is -5.54. The summed E-state index contributed by atoms with van der Waals surface area (Å²) in [6, 6.07) is 0.895. The van der Waals surface area contributed by atoms with Crippen LogP contribution in [0.25, 0.3) is 0 Å². The highest BCUT2D eigenvalue weighted by molar-refractivity contribution is 6.87. The minimum atomic E-state index is -2.21. The van der Waals surface area contributed by atoms with Gasteiger partial charge >= 0.3 is 8.56 Å². The molecule has 8 heteroatoms. The van der Waals surface area contributed by atoms with Gasteiger partial charge in [0.05, 0.1) is 12.7 Å². The summed E-state index contributed by atoms with van der Waals surface area (Å²) in [6.45, 7) is 19.6. The number of aliphatic hydroxyl groups excluding tert-OH is 1. The molecule has 0 rings (SSSR count). The van der Waals surface area contributed by atoms with E-state index < -0.39 is 31.3 Å². The van der Waals surface area contributed by atoms with Crippen molar-refractivity contribution in [3.05, 3.63) is 12.7 Å². The zero-order valence-electron chi connectivity index (χ0n) is 17.2. The SMILES string of the molecule is C=CC(=O)CCC(O)COCCC[Si](C)(O[Si](C)(C)C)O[Si](C)(C)C. The maximum absolute atomic E-state index is 11.1. The van der Waals surface area contributed by atoms with Gasteiger partial charge in [-0.05, 0) is 70.8 Å². The number of carbonyl (C=O) groups excluding carboxylic acids is 1. The number of hydrogen-bond acceptors (Lipinski definition) is 5. The molecule has 0 aliphatic carbocycles. The predicted molar refractivity (Wildman–Crippen MR) is 111 cm³/mol. The molecule has 5 nitrogen and oxygen atoms in total. The molecule has 0 radical (unpaired) electrons. The highest BCUT2D eigenvalue weighted by Gasteiger charge is 2.39. The predicted octanol–water partition coefficient (Wildman–Crippen LogP) is 4.06. The Balaban J connectivity index is 4.25. The van der Waals surface area contributed by atoms with Crippen LogP contribution < -0.4 is 0 Å². The van der Waals surface area contributed by atoms with Crippen molar-refractivity contribution in [1.82, 2.24) is 0 Å². The third-order valence-electron chi connectivity index (χ3n) is 3.23. The van der Waals surface area contributed by atoms with Gasteiger partial charge < -0.3 is 18.1 Å². The lowest BCUT2D eigenvalue weighted by Crippen LogP contribution is -2.52. The third kappa shape index (κ3) is 14.7. The first-order valence-corrected chi connectivity index (χ1v) is 18.4. The second-order valence-electron chi connectivity index (χ2n) is 8.60. The van der Waals surface area contributed by atoms with Crippen molar-refractivity contribution in [2.45, 2.75) is 77.2 Å². The number of rotatable bonds is 14. The van der Waals surface area contributed by atoms with Crippen LogP contribution in [0.1, 0.15) is 19.3 Å². The summed E-state index contributed by atoms with van der Waals surface area (Å²) in [4.78, 5) is 11.1. The Bertz CT molecular complexity index is 399. The molecule has 1 unspecified atom stereocenters. The largest absolute Gasteiger partial charge is 0.437 e. The van der Waals surface area contributed by atoms with Crippen LogP contribution in [-0.4, -0.2) is 55.4 Å². The average molecular weight is 407 g/mol. The molecule has 148 valence electrons. The standard InChI is InChI=1S/C17H38O5Si3/c1-9-16(18)11-12-17(19)15-20-13-10-14-25(8,21-23(2,3)4)22-24(5,6)7/h9,17,19H,1,10-15H2,2-8H3. The summed E-state index contributed by atoms with van der Waals surface area (Å²) in [6.07, 6.45) is 2.26. The van der Waals surface area contributed by atoms with Crippen molar-refractivity contribution in [1.29, 1.82) is 0 Å². The molecule has 0 aromatic carbocycles. The molecule has 0 saturated heterocycles. The summed E-state index contributed by atoms with van der Waals surface area (Å²) in [5.41, 5.74) is 0. The van der Waals surface area contributed by atoms with E-state index in [1.165, 1.54) is 6.08 Å². The van der Waals surface area contributed by atoms with Crippen LogP contribution >= 0.6 is 0 Å². The maximum Gasteiger partial charge on any atom is 0.314 e. The minimum Gasteiger partial charge on any atom is -0.437 e. The van der Waals surface area contributed by atoms with Crippen LogP contribution in [0, 0.1) is 0 Å². The molecule has 0 saturated carbocycles. The maximum atomic E-state index is 11.1. The van der Waals surface area contributed by atoms with Gasteiger partial charge in [-0.15, -0.1) is 0 Å². The lowest BCUT2D eigenvalue weighted by Gasteiger charge is -2.38. The first kappa shape index (κ1) is 24.9. The summed E-state index contributed by atoms with van der Waals surface area (Å²) in [5, 5.41) is 9.82. The lowest BCUT2D eigenvalue weighted by atomic mass is 10.1. The molecular formula is C17H38O5Si3. The van der Waals surface area contributed by atoms with Crippen molar-refractivity contribution in [2.24, 2.45) is 0 Å². The van der Waals surface area contributed by atoms with Crippen LogP contribution in [0.2, 0.25) is 51.9 Å². The number of hydrogen-bond donors (Lipinski definition) is 1.